The van der Waals surface area contributed by atoms with E-state index in [1.807, 2.05) is 19.9 Å². The summed E-state index contributed by atoms with van der Waals surface area (Å²) in [6.45, 7) is 4.27. The zero-order valence-corrected chi connectivity index (χ0v) is 24.3. The van der Waals surface area contributed by atoms with Crippen LogP contribution in [0.3, 0.4) is 0 Å². The lowest BCUT2D eigenvalue weighted by atomic mass is 10.00. The molecule has 4 unspecified atom stereocenters. The fraction of sp³-hybridized carbons (Fsp3) is 0.556. The largest absolute Gasteiger partial charge is 0.480 e. The highest BCUT2D eigenvalue weighted by atomic mass is 16.4. The van der Waals surface area contributed by atoms with Crippen LogP contribution < -0.4 is 44.6 Å². The fourth-order valence-corrected chi connectivity index (χ4v) is 4.00. The Morgan fingerprint density at radius 1 is 0.762 bits per heavy atom. The zero-order chi connectivity index (χ0) is 31.7. The molecule has 0 fully saturated rings. The first kappa shape index (κ1) is 35.6. The summed E-state index contributed by atoms with van der Waals surface area (Å²) in [5.41, 5.74) is 28.0. The van der Waals surface area contributed by atoms with Gasteiger partial charge in [0.2, 0.25) is 17.7 Å². The van der Waals surface area contributed by atoms with Gasteiger partial charge in [0.25, 0.3) is 0 Å². The van der Waals surface area contributed by atoms with E-state index < -0.39 is 47.9 Å². The van der Waals surface area contributed by atoms with Gasteiger partial charge in [0.15, 0.2) is 11.9 Å². The number of aliphatic carboxylic acids is 1. The molecule has 3 amide bonds. The third-order valence-electron chi connectivity index (χ3n) is 6.12. The smallest absolute Gasteiger partial charge is 0.326 e. The lowest BCUT2D eigenvalue weighted by Gasteiger charge is -2.26. The highest BCUT2D eigenvalue weighted by Gasteiger charge is 2.30. The lowest BCUT2D eigenvalue weighted by molar-refractivity contribution is -0.142. The maximum atomic E-state index is 13.4. The monoisotopic (exact) mass is 590 g/mol. The van der Waals surface area contributed by atoms with Crippen LogP contribution in [0.1, 0.15) is 51.5 Å². The number of aliphatic imine (C=N–C) groups is 2. The summed E-state index contributed by atoms with van der Waals surface area (Å²) in [6, 6.07) is 4.70. The van der Waals surface area contributed by atoms with Crippen molar-refractivity contribution in [2.24, 2.45) is 44.6 Å². The SMILES string of the molecule is CC(C)CC(NC(=O)C(N)CCCN=C(N)N)C(=O)NC(Cc1ccccc1)C(=O)NC(CCCN=C(N)N)C(=O)O. The Hall–Kier alpha value is -4.40. The number of amides is 3. The number of carboxylic acid groups (broad SMARTS) is 1. The molecule has 1 rings (SSSR count). The molecule has 0 radical (unpaired) electrons. The van der Waals surface area contributed by atoms with Crippen molar-refractivity contribution in [3.05, 3.63) is 35.9 Å². The molecular formula is C27H46N10O5. The van der Waals surface area contributed by atoms with Crippen molar-refractivity contribution in [3.8, 4) is 0 Å². The van der Waals surface area contributed by atoms with E-state index in [0.29, 0.717) is 19.4 Å². The van der Waals surface area contributed by atoms with Crippen molar-refractivity contribution in [2.75, 3.05) is 13.1 Å². The van der Waals surface area contributed by atoms with Crippen molar-refractivity contribution in [1.82, 2.24) is 16.0 Å². The van der Waals surface area contributed by atoms with E-state index in [-0.39, 0.29) is 50.1 Å². The van der Waals surface area contributed by atoms with Crippen molar-refractivity contribution >= 4 is 35.6 Å². The first-order valence-electron chi connectivity index (χ1n) is 13.8. The molecule has 0 aromatic heterocycles. The van der Waals surface area contributed by atoms with Gasteiger partial charge < -0.3 is 49.7 Å². The van der Waals surface area contributed by atoms with Crippen molar-refractivity contribution in [2.45, 2.75) is 76.5 Å². The van der Waals surface area contributed by atoms with Crippen LogP contribution >= 0.6 is 0 Å². The van der Waals surface area contributed by atoms with E-state index in [1.54, 1.807) is 24.3 Å². The highest BCUT2D eigenvalue weighted by Crippen LogP contribution is 2.10. The third-order valence-corrected chi connectivity index (χ3v) is 6.12. The summed E-state index contributed by atoms with van der Waals surface area (Å²) in [5.74, 6) is -3.22. The summed E-state index contributed by atoms with van der Waals surface area (Å²) < 4.78 is 0. The molecule has 15 heteroatoms. The molecule has 234 valence electrons. The van der Waals surface area contributed by atoms with Crippen molar-refractivity contribution in [1.29, 1.82) is 0 Å². The highest BCUT2D eigenvalue weighted by molar-refractivity contribution is 5.94. The first-order valence-corrected chi connectivity index (χ1v) is 13.8. The Kier molecular flexibility index (Phi) is 16.0. The predicted octanol–water partition coefficient (Wildman–Crippen LogP) is -1.75. The van der Waals surface area contributed by atoms with Crippen LogP contribution in [0.25, 0.3) is 0 Å². The molecule has 14 N–H and O–H groups in total. The second-order valence-corrected chi connectivity index (χ2v) is 10.3. The van der Waals surface area contributed by atoms with Crippen LogP contribution in [-0.2, 0) is 25.6 Å². The number of carbonyl (C=O) groups excluding carboxylic acids is 3. The van der Waals surface area contributed by atoms with Gasteiger partial charge in [0.1, 0.15) is 18.1 Å². The molecule has 0 aliphatic rings. The maximum absolute atomic E-state index is 13.4. The number of benzene rings is 1. The van der Waals surface area contributed by atoms with Crippen LogP contribution in [0.15, 0.2) is 40.3 Å². The molecular weight excluding hydrogens is 544 g/mol. The maximum Gasteiger partial charge on any atom is 0.326 e. The molecule has 15 nitrogen and oxygen atoms in total. The van der Waals surface area contributed by atoms with E-state index in [2.05, 4.69) is 25.9 Å². The van der Waals surface area contributed by atoms with Gasteiger partial charge in [0, 0.05) is 19.5 Å². The molecule has 0 saturated heterocycles. The standard InChI is InChI=1S/C27H46N10O5/c1-16(2)14-20(36-22(38)18(28)10-6-12-33-26(29)30)23(39)37-21(15-17-8-4-3-5-9-17)24(40)35-19(25(41)42)11-7-13-34-27(31)32/h3-5,8-9,16,18-21H,6-7,10-15,28H2,1-2H3,(H,35,40)(H,36,38)(H,37,39)(H,41,42)(H4,29,30,33)(H4,31,32,34). The molecule has 0 heterocycles. The normalized spacial score (nSPS) is 13.6. The van der Waals surface area contributed by atoms with Gasteiger partial charge in [-0.05, 0) is 43.6 Å². The molecule has 4 atom stereocenters. The summed E-state index contributed by atoms with van der Waals surface area (Å²) in [7, 11) is 0. The van der Waals surface area contributed by atoms with Crippen LogP contribution in [0.2, 0.25) is 0 Å². The number of guanidine groups is 2. The first-order chi connectivity index (χ1) is 19.8. The predicted molar refractivity (Wildman–Crippen MR) is 161 cm³/mol. The molecule has 1 aromatic rings. The minimum Gasteiger partial charge on any atom is -0.480 e. The van der Waals surface area contributed by atoms with Gasteiger partial charge in [-0.1, -0.05) is 44.2 Å². The Morgan fingerprint density at radius 2 is 1.26 bits per heavy atom. The van der Waals surface area contributed by atoms with Gasteiger partial charge in [-0.25, -0.2) is 4.79 Å². The number of nitrogens with zero attached hydrogens (tertiary/aromatic N) is 2. The van der Waals surface area contributed by atoms with Crippen molar-refractivity contribution in [3.63, 3.8) is 0 Å². The van der Waals surface area contributed by atoms with E-state index in [4.69, 9.17) is 28.7 Å². The Morgan fingerprint density at radius 3 is 1.79 bits per heavy atom. The van der Waals surface area contributed by atoms with Crippen LogP contribution in [0, 0.1) is 5.92 Å². The van der Waals surface area contributed by atoms with Crippen LogP contribution in [0.5, 0.6) is 0 Å². The van der Waals surface area contributed by atoms with Crippen molar-refractivity contribution < 1.29 is 24.3 Å². The van der Waals surface area contributed by atoms with Gasteiger partial charge in [-0.2, -0.15) is 0 Å². The van der Waals surface area contributed by atoms with Gasteiger partial charge >= 0.3 is 5.97 Å². The van der Waals surface area contributed by atoms with Gasteiger partial charge in [-0.15, -0.1) is 0 Å². The van der Waals surface area contributed by atoms with Gasteiger partial charge in [-0.3, -0.25) is 24.4 Å². The topological polar surface area (TPSA) is 279 Å². The minimum atomic E-state index is -1.24. The minimum absolute atomic E-state index is 0.0159. The molecule has 0 aliphatic heterocycles. The molecule has 0 spiro atoms. The number of hydrogen-bond donors (Lipinski definition) is 9. The number of carbonyl (C=O) groups is 4. The quantitative estimate of drug-likeness (QED) is 0.0497. The number of rotatable bonds is 19. The molecule has 0 aliphatic carbocycles. The Bertz CT molecular complexity index is 1070. The number of nitrogens with two attached hydrogens (primary N) is 5. The van der Waals surface area contributed by atoms with E-state index in [0.717, 1.165) is 5.56 Å². The fourth-order valence-electron chi connectivity index (χ4n) is 4.00. The molecule has 1 aromatic carbocycles. The number of carboxylic acids is 1. The second kappa shape index (κ2) is 18.9. The van der Waals surface area contributed by atoms with E-state index >= 15 is 0 Å². The zero-order valence-electron chi connectivity index (χ0n) is 24.3. The average Bonchev–Trinajstić information content (AvgIpc) is 2.91. The Balaban J connectivity index is 3.04. The Labute approximate surface area is 246 Å². The summed E-state index contributed by atoms with van der Waals surface area (Å²) in [5, 5.41) is 17.6. The number of nitrogens with one attached hydrogen (secondary N) is 3. The summed E-state index contributed by atoms with van der Waals surface area (Å²) >= 11 is 0. The lowest BCUT2D eigenvalue weighted by Crippen LogP contribution is -2.57. The summed E-state index contributed by atoms with van der Waals surface area (Å²) in [6.07, 6.45) is 1.49. The van der Waals surface area contributed by atoms with E-state index in [1.165, 1.54) is 0 Å². The summed E-state index contributed by atoms with van der Waals surface area (Å²) in [4.78, 5) is 59.1. The third kappa shape index (κ3) is 14.8. The van der Waals surface area contributed by atoms with Crippen LogP contribution in [-0.4, -0.2) is 78.0 Å². The van der Waals surface area contributed by atoms with Crippen LogP contribution in [0.4, 0.5) is 0 Å². The van der Waals surface area contributed by atoms with E-state index in [9.17, 15) is 24.3 Å². The molecule has 0 saturated carbocycles. The second-order valence-electron chi connectivity index (χ2n) is 10.3. The van der Waals surface area contributed by atoms with Gasteiger partial charge in [0.05, 0.1) is 6.04 Å². The number of hydrogen-bond acceptors (Lipinski definition) is 7. The molecule has 42 heavy (non-hydrogen) atoms. The average molecular weight is 591 g/mol. The molecule has 0 bridgehead atoms.